The number of nitrogens with zero attached hydrogens (tertiary/aromatic N) is 2. The summed E-state index contributed by atoms with van der Waals surface area (Å²) in [7, 11) is 0. The highest BCUT2D eigenvalue weighted by molar-refractivity contribution is 6.33. The summed E-state index contributed by atoms with van der Waals surface area (Å²) in [4.78, 5) is 0. The monoisotopic (exact) mass is 234 g/mol. The van der Waals surface area contributed by atoms with E-state index >= 15 is 0 Å². The zero-order chi connectivity index (χ0) is 10.4. The first-order valence-electron chi connectivity index (χ1n) is 4.37. The van der Waals surface area contributed by atoms with Gasteiger partial charge in [-0.2, -0.15) is 0 Å². The Kier molecular flexibility index (Phi) is 4.93. The molecule has 0 aromatic carbocycles. The fourth-order valence-corrected chi connectivity index (χ4v) is 1.25. The highest BCUT2D eigenvalue weighted by atomic mass is 35.5. The molecule has 1 aromatic rings. The highest BCUT2D eigenvalue weighted by Gasteiger charge is 2.02. The van der Waals surface area contributed by atoms with Gasteiger partial charge in [0.2, 0.25) is 0 Å². The summed E-state index contributed by atoms with van der Waals surface area (Å²) in [5.41, 5.74) is 0.713. The topological polar surface area (TPSA) is 49.8 Å². The minimum absolute atomic E-state index is 0.334. The van der Waals surface area contributed by atoms with Crippen LogP contribution in [0.5, 0.6) is 0 Å². The number of hydrogen-bond donors (Lipinski definition) is 2. The van der Waals surface area contributed by atoms with Gasteiger partial charge in [-0.1, -0.05) is 30.1 Å². The van der Waals surface area contributed by atoms with E-state index < -0.39 is 0 Å². The number of hydrogen-bond acceptors (Lipinski definition) is 4. The van der Waals surface area contributed by atoms with E-state index in [0.29, 0.717) is 16.0 Å². The quantitative estimate of drug-likeness (QED) is 0.764. The lowest BCUT2D eigenvalue weighted by atomic mass is 10.4. The molecule has 4 nitrogen and oxygen atoms in total. The van der Waals surface area contributed by atoms with Gasteiger partial charge in [-0.25, -0.2) is 0 Å². The minimum Gasteiger partial charge on any atom is -0.381 e. The third kappa shape index (κ3) is 3.65. The molecule has 0 saturated heterocycles. The molecule has 0 aliphatic heterocycles. The molecule has 1 heterocycles. The smallest absolute Gasteiger partial charge is 0.174 e. The van der Waals surface area contributed by atoms with Crippen molar-refractivity contribution >= 4 is 28.9 Å². The van der Waals surface area contributed by atoms with Gasteiger partial charge in [0.15, 0.2) is 10.3 Å². The van der Waals surface area contributed by atoms with Crippen LogP contribution in [0.4, 0.5) is 5.69 Å². The molecule has 0 fully saturated rings. The number of nitrogens with one attached hydrogen (secondary N) is 2. The molecule has 0 unspecified atom stereocenters. The van der Waals surface area contributed by atoms with Gasteiger partial charge >= 0.3 is 0 Å². The second-order valence-electron chi connectivity index (χ2n) is 2.65. The maximum absolute atomic E-state index is 5.79. The molecular formula is C8H12Cl2N4. The molecule has 0 bridgehead atoms. The molecule has 0 aliphatic carbocycles. The lowest BCUT2D eigenvalue weighted by molar-refractivity contribution is 0.738. The zero-order valence-electron chi connectivity index (χ0n) is 7.85. The average Bonchev–Trinajstić information content (AvgIpc) is 2.18. The molecule has 0 atom stereocenters. The Hall–Kier alpha value is -0.580. The van der Waals surface area contributed by atoms with E-state index in [1.807, 2.05) is 0 Å². The molecular weight excluding hydrogens is 223 g/mol. The second kappa shape index (κ2) is 6.01. The lowest BCUT2D eigenvalue weighted by Crippen LogP contribution is -2.21. The number of aromatic nitrogens is 2. The van der Waals surface area contributed by atoms with Crippen LogP contribution >= 0.6 is 23.2 Å². The first-order valence-corrected chi connectivity index (χ1v) is 5.13. The van der Waals surface area contributed by atoms with Gasteiger partial charge < -0.3 is 10.6 Å². The molecule has 0 radical (unpaired) electrons. The van der Waals surface area contributed by atoms with Gasteiger partial charge in [-0.05, 0) is 6.54 Å². The van der Waals surface area contributed by atoms with Crippen LogP contribution in [0.1, 0.15) is 6.92 Å². The second-order valence-corrected chi connectivity index (χ2v) is 3.40. The van der Waals surface area contributed by atoms with E-state index in [1.54, 1.807) is 6.07 Å². The Morgan fingerprint density at radius 2 is 2.07 bits per heavy atom. The first-order chi connectivity index (χ1) is 6.74. The van der Waals surface area contributed by atoms with E-state index in [4.69, 9.17) is 23.2 Å². The number of halogens is 2. The van der Waals surface area contributed by atoms with E-state index in [-0.39, 0.29) is 0 Å². The predicted octanol–water partition coefficient (Wildman–Crippen LogP) is 1.80. The Labute approximate surface area is 93.0 Å². The minimum atomic E-state index is 0.334. The maximum atomic E-state index is 5.79. The molecule has 0 saturated carbocycles. The normalized spacial score (nSPS) is 10.2. The number of rotatable bonds is 5. The van der Waals surface area contributed by atoms with Crippen molar-refractivity contribution in [2.45, 2.75) is 6.92 Å². The van der Waals surface area contributed by atoms with Crippen LogP contribution in [0.15, 0.2) is 6.07 Å². The summed E-state index contributed by atoms with van der Waals surface area (Å²) >= 11 is 11.5. The summed E-state index contributed by atoms with van der Waals surface area (Å²) in [6.45, 7) is 4.64. The van der Waals surface area contributed by atoms with Gasteiger partial charge in [0.25, 0.3) is 0 Å². The van der Waals surface area contributed by atoms with Crippen LogP contribution in [-0.4, -0.2) is 29.8 Å². The Morgan fingerprint density at radius 1 is 1.29 bits per heavy atom. The molecule has 1 aromatic heterocycles. The molecule has 0 spiro atoms. The van der Waals surface area contributed by atoms with Gasteiger partial charge in [0.1, 0.15) is 0 Å². The molecule has 0 aliphatic rings. The summed E-state index contributed by atoms with van der Waals surface area (Å²) in [5, 5.41) is 14.2. The van der Waals surface area contributed by atoms with E-state index in [0.717, 1.165) is 19.6 Å². The summed E-state index contributed by atoms with van der Waals surface area (Å²) in [6.07, 6.45) is 0. The van der Waals surface area contributed by atoms with E-state index in [2.05, 4.69) is 27.8 Å². The summed E-state index contributed by atoms with van der Waals surface area (Å²) < 4.78 is 0. The van der Waals surface area contributed by atoms with Gasteiger partial charge in [-0.3, -0.25) is 0 Å². The third-order valence-electron chi connectivity index (χ3n) is 1.59. The fraction of sp³-hybridized carbons (Fsp3) is 0.500. The number of anilines is 1. The van der Waals surface area contributed by atoms with Crippen molar-refractivity contribution in [3.05, 3.63) is 16.4 Å². The highest BCUT2D eigenvalue weighted by Crippen LogP contribution is 2.20. The fourth-order valence-electron chi connectivity index (χ4n) is 0.939. The maximum Gasteiger partial charge on any atom is 0.174 e. The van der Waals surface area contributed by atoms with Crippen LogP contribution in [-0.2, 0) is 0 Å². The Morgan fingerprint density at radius 3 is 2.79 bits per heavy atom. The third-order valence-corrected chi connectivity index (χ3v) is 2.05. The zero-order valence-corrected chi connectivity index (χ0v) is 9.36. The van der Waals surface area contributed by atoms with Crippen molar-refractivity contribution in [2.75, 3.05) is 25.0 Å². The van der Waals surface area contributed by atoms with Gasteiger partial charge in [0, 0.05) is 19.2 Å². The molecule has 1 rings (SSSR count). The van der Waals surface area contributed by atoms with Crippen LogP contribution in [0, 0.1) is 0 Å². The van der Waals surface area contributed by atoms with Crippen molar-refractivity contribution in [3.8, 4) is 0 Å². The standard InChI is InChI=1S/C8H12Cl2N4/c1-2-11-3-4-12-6-5-7(9)13-14-8(6)10/h5,11H,2-4H2,1H3,(H,12,13). The molecule has 6 heteroatoms. The van der Waals surface area contributed by atoms with Crippen LogP contribution in [0.2, 0.25) is 10.3 Å². The van der Waals surface area contributed by atoms with E-state index in [1.165, 1.54) is 0 Å². The van der Waals surface area contributed by atoms with Crippen molar-refractivity contribution in [3.63, 3.8) is 0 Å². The summed E-state index contributed by atoms with van der Waals surface area (Å²) in [5.74, 6) is 0. The van der Waals surface area contributed by atoms with Gasteiger partial charge in [-0.15, -0.1) is 10.2 Å². The molecule has 78 valence electrons. The molecule has 14 heavy (non-hydrogen) atoms. The van der Waals surface area contributed by atoms with Crippen molar-refractivity contribution in [1.82, 2.24) is 15.5 Å². The van der Waals surface area contributed by atoms with Crippen molar-refractivity contribution in [1.29, 1.82) is 0 Å². The lowest BCUT2D eigenvalue weighted by Gasteiger charge is -2.07. The largest absolute Gasteiger partial charge is 0.381 e. The molecule has 2 N–H and O–H groups in total. The van der Waals surface area contributed by atoms with Crippen LogP contribution in [0.25, 0.3) is 0 Å². The van der Waals surface area contributed by atoms with Crippen LogP contribution < -0.4 is 10.6 Å². The number of likely N-dealkylation sites (N-methyl/N-ethyl adjacent to an activating group) is 1. The van der Waals surface area contributed by atoms with Crippen LogP contribution in [0.3, 0.4) is 0 Å². The van der Waals surface area contributed by atoms with E-state index in [9.17, 15) is 0 Å². The Bertz CT molecular complexity index is 293. The molecule has 0 amide bonds. The summed E-state index contributed by atoms with van der Waals surface area (Å²) in [6, 6.07) is 1.66. The van der Waals surface area contributed by atoms with Gasteiger partial charge in [0.05, 0.1) is 5.69 Å². The van der Waals surface area contributed by atoms with Crippen molar-refractivity contribution < 1.29 is 0 Å². The predicted molar refractivity (Wildman–Crippen MR) is 59.1 cm³/mol. The Balaban J connectivity index is 2.45. The SMILES string of the molecule is CCNCCNc1cc(Cl)nnc1Cl. The first kappa shape index (κ1) is 11.5. The van der Waals surface area contributed by atoms with Crippen molar-refractivity contribution in [2.24, 2.45) is 0 Å². The average molecular weight is 235 g/mol.